The van der Waals surface area contributed by atoms with Crippen LogP contribution in [0.5, 0.6) is 0 Å². The molecule has 3 nitrogen and oxygen atoms in total. The summed E-state index contributed by atoms with van der Waals surface area (Å²) in [6.07, 6.45) is 1.54. The first-order chi connectivity index (χ1) is 6.08. The molecule has 0 bridgehead atoms. The number of hydrogen-bond acceptors (Lipinski definition) is 3. The van der Waals surface area contributed by atoms with Gasteiger partial charge >= 0.3 is 0 Å². The van der Waals surface area contributed by atoms with Crippen LogP contribution in [-0.4, -0.2) is 10.8 Å². The first-order valence-corrected chi connectivity index (χ1v) is 3.95. The van der Waals surface area contributed by atoms with Crippen LogP contribution in [-0.2, 0) is 0 Å². The van der Waals surface area contributed by atoms with Crippen LogP contribution in [0.1, 0.15) is 24.3 Å². The molecule has 0 spiro atoms. The molecule has 0 fully saturated rings. The lowest BCUT2D eigenvalue weighted by Crippen LogP contribution is -2.22. The Balaban J connectivity index is 3.01. The van der Waals surface area contributed by atoms with E-state index in [1.165, 1.54) is 0 Å². The highest BCUT2D eigenvalue weighted by Gasteiger charge is 2.28. The molecule has 0 radical (unpaired) electrons. The second-order valence-corrected chi connectivity index (χ2v) is 3.28. The standard InChI is InChI=1S/C10H10N2O/c1-10(2,7-11)9(13)8-5-3-4-6-12-8/h3-6H,1-2H3. The van der Waals surface area contributed by atoms with Crippen LogP contribution in [0.3, 0.4) is 0 Å². The van der Waals surface area contributed by atoms with Gasteiger partial charge < -0.3 is 0 Å². The highest BCUT2D eigenvalue weighted by Crippen LogP contribution is 2.18. The van der Waals surface area contributed by atoms with Gasteiger partial charge in [0.05, 0.1) is 6.07 Å². The number of nitrogens with zero attached hydrogens (tertiary/aromatic N) is 2. The molecule has 0 amide bonds. The zero-order valence-corrected chi connectivity index (χ0v) is 7.61. The van der Waals surface area contributed by atoms with Gasteiger partial charge in [-0.25, -0.2) is 0 Å². The largest absolute Gasteiger partial charge is 0.291 e. The molecule has 13 heavy (non-hydrogen) atoms. The topological polar surface area (TPSA) is 53.8 Å². The molecule has 1 rings (SSSR count). The van der Waals surface area contributed by atoms with Crippen LogP contribution in [0.15, 0.2) is 24.4 Å². The third-order valence-corrected chi connectivity index (χ3v) is 1.74. The summed E-state index contributed by atoms with van der Waals surface area (Å²) in [5.74, 6) is -0.240. The maximum atomic E-state index is 11.6. The zero-order valence-electron chi connectivity index (χ0n) is 7.61. The van der Waals surface area contributed by atoms with Gasteiger partial charge in [-0.3, -0.25) is 9.78 Å². The van der Waals surface area contributed by atoms with E-state index in [4.69, 9.17) is 5.26 Å². The van der Waals surface area contributed by atoms with E-state index in [9.17, 15) is 4.79 Å². The fourth-order valence-corrected chi connectivity index (χ4v) is 0.868. The molecule has 0 aromatic carbocycles. The molecule has 3 heteroatoms. The average molecular weight is 174 g/mol. The second kappa shape index (κ2) is 3.36. The number of carbonyl (C=O) groups is 1. The molecule has 0 aliphatic carbocycles. The van der Waals surface area contributed by atoms with E-state index >= 15 is 0 Å². The maximum Gasteiger partial charge on any atom is 0.200 e. The molecule has 1 heterocycles. The Labute approximate surface area is 77.0 Å². The Kier molecular flexibility index (Phi) is 2.43. The van der Waals surface area contributed by atoms with Gasteiger partial charge in [-0.1, -0.05) is 6.07 Å². The van der Waals surface area contributed by atoms with Crippen molar-refractivity contribution in [1.82, 2.24) is 4.98 Å². The number of pyridine rings is 1. The fourth-order valence-electron chi connectivity index (χ4n) is 0.868. The Bertz CT molecular complexity index is 349. The van der Waals surface area contributed by atoms with Crippen molar-refractivity contribution >= 4 is 5.78 Å². The van der Waals surface area contributed by atoms with Crippen molar-refractivity contribution in [3.05, 3.63) is 30.1 Å². The quantitative estimate of drug-likeness (QED) is 0.642. The number of Topliss-reactive ketones (excluding diaryl/α,β-unsaturated/α-hetero) is 1. The van der Waals surface area contributed by atoms with Gasteiger partial charge in [0.15, 0.2) is 0 Å². The van der Waals surface area contributed by atoms with Gasteiger partial charge in [0.2, 0.25) is 5.78 Å². The molecule has 0 aliphatic rings. The van der Waals surface area contributed by atoms with Crippen LogP contribution in [0.4, 0.5) is 0 Å². The molecule has 0 unspecified atom stereocenters. The lowest BCUT2D eigenvalue weighted by atomic mass is 9.88. The molecule has 66 valence electrons. The van der Waals surface area contributed by atoms with E-state index in [1.807, 2.05) is 6.07 Å². The first kappa shape index (κ1) is 9.40. The van der Waals surface area contributed by atoms with Crippen LogP contribution in [0.25, 0.3) is 0 Å². The molecule has 0 atom stereocenters. The summed E-state index contributed by atoms with van der Waals surface area (Å²) in [5.41, 5.74) is -0.650. The van der Waals surface area contributed by atoms with Gasteiger partial charge in [0.1, 0.15) is 11.1 Å². The summed E-state index contributed by atoms with van der Waals surface area (Å²) in [7, 11) is 0. The lowest BCUT2D eigenvalue weighted by Gasteiger charge is -2.11. The number of ketones is 1. The van der Waals surface area contributed by atoms with E-state index < -0.39 is 5.41 Å². The van der Waals surface area contributed by atoms with Gasteiger partial charge in [-0.2, -0.15) is 5.26 Å². The summed E-state index contributed by atoms with van der Waals surface area (Å²) in [4.78, 5) is 15.5. The van der Waals surface area contributed by atoms with Crippen molar-refractivity contribution in [2.24, 2.45) is 5.41 Å². The van der Waals surface area contributed by atoms with Crippen LogP contribution >= 0.6 is 0 Å². The van der Waals surface area contributed by atoms with Gasteiger partial charge in [-0.15, -0.1) is 0 Å². The third kappa shape index (κ3) is 1.91. The summed E-state index contributed by atoms with van der Waals surface area (Å²) in [6, 6.07) is 7.02. The Morgan fingerprint density at radius 2 is 2.23 bits per heavy atom. The maximum absolute atomic E-state index is 11.6. The van der Waals surface area contributed by atoms with Crippen molar-refractivity contribution in [2.45, 2.75) is 13.8 Å². The van der Waals surface area contributed by atoms with Crippen molar-refractivity contribution in [1.29, 1.82) is 5.26 Å². The van der Waals surface area contributed by atoms with E-state index in [0.29, 0.717) is 5.69 Å². The normalized spacial score (nSPS) is 10.5. The average Bonchev–Trinajstić information content (AvgIpc) is 2.18. The van der Waals surface area contributed by atoms with E-state index in [1.54, 1.807) is 38.2 Å². The molecular weight excluding hydrogens is 164 g/mol. The number of aromatic nitrogens is 1. The SMILES string of the molecule is CC(C)(C#N)C(=O)c1ccccn1. The van der Waals surface area contributed by atoms with Crippen molar-refractivity contribution in [2.75, 3.05) is 0 Å². The fraction of sp³-hybridized carbons (Fsp3) is 0.300. The molecule has 0 aliphatic heterocycles. The summed E-state index contributed by atoms with van der Waals surface area (Å²) >= 11 is 0. The highest BCUT2D eigenvalue weighted by molar-refractivity contribution is 6.00. The summed E-state index contributed by atoms with van der Waals surface area (Å²) < 4.78 is 0. The minimum absolute atomic E-state index is 0.240. The molecule has 0 N–H and O–H groups in total. The predicted molar refractivity (Wildman–Crippen MR) is 48.0 cm³/mol. The highest BCUT2D eigenvalue weighted by atomic mass is 16.1. The molecule has 0 saturated carbocycles. The number of hydrogen-bond donors (Lipinski definition) is 0. The van der Waals surface area contributed by atoms with Crippen molar-refractivity contribution in [3.8, 4) is 6.07 Å². The molecule has 1 aromatic rings. The van der Waals surface area contributed by atoms with Gasteiger partial charge in [-0.05, 0) is 26.0 Å². The minimum atomic E-state index is -0.992. The number of rotatable bonds is 2. The van der Waals surface area contributed by atoms with Gasteiger partial charge in [0, 0.05) is 6.20 Å². The number of nitriles is 1. The molecule has 1 aromatic heterocycles. The van der Waals surface area contributed by atoms with Crippen LogP contribution < -0.4 is 0 Å². The first-order valence-electron chi connectivity index (χ1n) is 3.95. The summed E-state index contributed by atoms with van der Waals surface area (Å²) in [6.45, 7) is 3.17. The van der Waals surface area contributed by atoms with E-state index in [-0.39, 0.29) is 5.78 Å². The van der Waals surface area contributed by atoms with E-state index in [2.05, 4.69) is 4.98 Å². The van der Waals surface area contributed by atoms with Crippen molar-refractivity contribution in [3.63, 3.8) is 0 Å². The Morgan fingerprint density at radius 1 is 1.54 bits per heavy atom. The Hall–Kier alpha value is -1.69. The van der Waals surface area contributed by atoms with Crippen LogP contribution in [0, 0.1) is 16.7 Å². The van der Waals surface area contributed by atoms with E-state index in [0.717, 1.165) is 0 Å². The summed E-state index contributed by atoms with van der Waals surface area (Å²) in [5, 5.41) is 8.73. The predicted octanol–water partition coefficient (Wildman–Crippen LogP) is 1.81. The Morgan fingerprint density at radius 3 is 2.69 bits per heavy atom. The molecular formula is C10H10N2O. The van der Waals surface area contributed by atoms with Crippen molar-refractivity contribution < 1.29 is 4.79 Å². The molecule has 0 saturated heterocycles. The number of carbonyl (C=O) groups excluding carboxylic acids is 1. The van der Waals surface area contributed by atoms with Gasteiger partial charge in [0.25, 0.3) is 0 Å². The zero-order chi connectivity index (χ0) is 9.90. The third-order valence-electron chi connectivity index (χ3n) is 1.74. The smallest absolute Gasteiger partial charge is 0.200 e. The second-order valence-electron chi connectivity index (χ2n) is 3.28. The van der Waals surface area contributed by atoms with Crippen LogP contribution in [0.2, 0.25) is 0 Å². The monoisotopic (exact) mass is 174 g/mol. The minimum Gasteiger partial charge on any atom is -0.291 e. The lowest BCUT2D eigenvalue weighted by molar-refractivity contribution is 0.0886.